The van der Waals surface area contributed by atoms with E-state index in [4.69, 9.17) is 4.74 Å². The Bertz CT molecular complexity index is 469. The van der Waals surface area contributed by atoms with Crippen LogP contribution in [0.3, 0.4) is 0 Å². The molecule has 0 saturated carbocycles. The molecule has 1 aromatic rings. The smallest absolute Gasteiger partial charge is 0.101 e. The van der Waals surface area contributed by atoms with Crippen LogP contribution in [0.1, 0.15) is 25.0 Å². The van der Waals surface area contributed by atoms with Gasteiger partial charge in [-0.05, 0) is 31.5 Å². The number of rotatable bonds is 9. The maximum atomic E-state index is 9.37. The highest BCUT2D eigenvalue weighted by Gasteiger charge is 2.14. The number of aliphatic hydroxyl groups excluding tert-OH is 1. The molecular formula is C16H25N3O2. The molecule has 1 aromatic carbocycles. The van der Waals surface area contributed by atoms with Gasteiger partial charge in [-0.25, -0.2) is 0 Å². The third-order valence-electron chi connectivity index (χ3n) is 3.27. The third kappa shape index (κ3) is 5.35. The van der Waals surface area contributed by atoms with Crippen molar-refractivity contribution >= 4 is 5.69 Å². The van der Waals surface area contributed by atoms with Crippen LogP contribution in [0.15, 0.2) is 18.2 Å². The minimum absolute atomic E-state index is 0.0728. The fourth-order valence-corrected chi connectivity index (χ4v) is 2.20. The zero-order valence-corrected chi connectivity index (χ0v) is 13.1. The molecule has 0 aliphatic carbocycles. The van der Waals surface area contributed by atoms with Gasteiger partial charge < -0.3 is 20.1 Å². The number of anilines is 1. The van der Waals surface area contributed by atoms with Gasteiger partial charge in [-0.15, -0.1) is 0 Å². The summed E-state index contributed by atoms with van der Waals surface area (Å²) in [5.74, 6) is 0. The molecule has 0 atom stereocenters. The summed E-state index contributed by atoms with van der Waals surface area (Å²) in [4.78, 5) is 2.04. The highest BCUT2D eigenvalue weighted by atomic mass is 16.5. The average molecular weight is 291 g/mol. The number of ether oxygens (including phenoxy) is 1. The van der Waals surface area contributed by atoms with Crippen molar-refractivity contribution in [2.24, 2.45) is 0 Å². The molecule has 0 aliphatic heterocycles. The average Bonchev–Trinajstić information content (AvgIpc) is 2.49. The molecule has 0 saturated heterocycles. The summed E-state index contributed by atoms with van der Waals surface area (Å²) in [6.45, 7) is 6.86. The molecule has 0 fully saturated rings. The molecular weight excluding hydrogens is 266 g/mol. The van der Waals surface area contributed by atoms with Gasteiger partial charge in [0, 0.05) is 32.8 Å². The van der Waals surface area contributed by atoms with Gasteiger partial charge in [0.1, 0.15) is 6.07 Å². The second-order valence-corrected chi connectivity index (χ2v) is 5.14. The normalized spacial score (nSPS) is 10.7. The highest BCUT2D eigenvalue weighted by molar-refractivity contribution is 5.61. The topological polar surface area (TPSA) is 68.5 Å². The van der Waals surface area contributed by atoms with Gasteiger partial charge in [-0.2, -0.15) is 5.26 Å². The fraction of sp³-hybridized carbons (Fsp3) is 0.562. The standard InChI is InChI=1S/C16H25N3O2/c1-13(2)19(7-8-20)16-5-4-14(10-15(16)11-17)12-18-6-9-21-3/h4-5,10,13,18,20H,6-9,12H2,1-3H3. The zero-order chi connectivity index (χ0) is 15.7. The van der Waals surface area contributed by atoms with E-state index in [0.717, 1.165) is 17.8 Å². The summed E-state index contributed by atoms with van der Waals surface area (Å²) >= 11 is 0. The van der Waals surface area contributed by atoms with Gasteiger partial charge in [-0.3, -0.25) is 0 Å². The molecule has 0 aliphatic rings. The quantitative estimate of drug-likeness (QED) is 0.675. The van der Waals surface area contributed by atoms with Crippen molar-refractivity contribution in [3.63, 3.8) is 0 Å². The van der Waals surface area contributed by atoms with Gasteiger partial charge in [-0.1, -0.05) is 6.07 Å². The van der Waals surface area contributed by atoms with E-state index >= 15 is 0 Å². The number of nitrogens with zero attached hydrogens (tertiary/aromatic N) is 2. The van der Waals surface area contributed by atoms with Crippen molar-refractivity contribution in [3.8, 4) is 6.07 Å². The Morgan fingerprint density at radius 3 is 2.76 bits per heavy atom. The molecule has 5 nitrogen and oxygen atoms in total. The Morgan fingerprint density at radius 1 is 1.43 bits per heavy atom. The maximum absolute atomic E-state index is 9.37. The molecule has 116 valence electrons. The fourth-order valence-electron chi connectivity index (χ4n) is 2.20. The minimum atomic E-state index is 0.0728. The Labute approximate surface area is 127 Å². The molecule has 1 rings (SSSR count). The van der Waals surface area contributed by atoms with Gasteiger partial charge >= 0.3 is 0 Å². The predicted molar refractivity (Wildman–Crippen MR) is 84.3 cm³/mol. The highest BCUT2D eigenvalue weighted by Crippen LogP contribution is 2.23. The Balaban J connectivity index is 2.85. The summed E-state index contributed by atoms with van der Waals surface area (Å²) in [6, 6.07) is 8.37. The molecule has 0 amide bonds. The summed E-state index contributed by atoms with van der Waals surface area (Å²) in [7, 11) is 1.67. The molecule has 0 heterocycles. The van der Waals surface area contributed by atoms with Crippen molar-refractivity contribution in [3.05, 3.63) is 29.3 Å². The number of nitriles is 1. The molecule has 0 bridgehead atoms. The second kappa shape index (κ2) is 9.35. The van der Waals surface area contributed by atoms with Crippen LogP contribution in [0.4, 0.5) is 5.69 Å². The molecule has 0 aromatic heterocycles. The lowest BCUT2D eigenvalue weighted by molar-refractivity contribution is 0.199. The van der Waals surface area contributed by atoms with Gasteiger partial charge in [0.15, 0.2) is 0 Å². The zero-order valence-electron chi connectivity index (χ0n) is 13.1. The lowest BCUT2D eigenvalue weighted by atomic mass is 10.1. The van der Waals surface area contributed by atoms with Crippen LogP contribution < -0.4 is 10.2 Å². The first-order valence-electron chi connectivity index (χ1n) is 7.24. The van der Waals surface area contributed by atoms with E-state index in [1.54, 1.807) is 7.11 Å². The van der Waals surface area contributed by atoms with Crippen LogP contribution in [0.25, 0.3) is 0 Å². The molecule has 21 heavy (non-hydrogen) atoms. The van der Waals surface area contributed by atoms with Crippen LogP contribution in [0, 0.1) is 11.3 Å². The summed E-state index contributed by atoms with van der Waals surface area (Å²) < 4.78 is 4.98. The Morgan fingerprint density at radius 2 is 2.19 bits per heavy atom. The van der Waals surface area contributed by atoms with E-state index in [2.05, 4.69) is 25.2 Å². The van der Waals surface area contributed by atoms with Crippen LogP contribution in [0.2, 0.25) is 0 Å². The molecule has 2 N–H and O–H groups in total. The number of nitrogens with one attached hydrogen (secondary N) is 1. The van der Waals surface area contributed by atoms with E-state index in [1.807, 2.05) is 23.1 Å². The van der Waals surface area contributed by atoms with E-state index in [0.29, 0.717) is 25.3 Å². The minimum Gasteiger partial charge on any atom is -0.395 e. The van der Waals surface area contributed by atoms with Gasteiger partial charge in [0.2, 0.25) is 0 Å². The van der Waals surface area contributed by atoms with Crippen molar-refractivity contribution in [2.45, 2.75) is 26.4 Å². The SMILES string of the molecule is COCCNCc1ccc(N(CCO)C(C)C)c(C#N)c1. The van der Waals surface area contributed by atoms with E-state index < -0.39 is 0 Å². The van der Waals surface area contributed by atoms with Crippen molar-refractivity contribution in [1.29, 1.82) is 5.26 Å². The lowest BCUT2D eigenvalue weighted by Crippen LogP contribution is -2.34. The van der Waals surface area contributed by atoms with Crippen LogP contribution >= 0.6 is 0 Å². The van der Waals surface area contributed by atoms with Crippen LogP contribution in [0.5, 0.6) is 0 Å². The third-order valence-corrected chi connectivity index (χ3v) is 3.27. The van der Waals surface area contributed by atoms with E-state index in [-0.39, 0.29) is 12.6 Å². The molecule has 0 radical (unpaired) electrons. The Hall–Kier alpha value is -1.61. The first-order chi connectivity index (χ1) is 10.1. The Kier molecular flexibility index (Phi) is 7.76. The number of benzene rings is 1. The largest absolute Gasteiger partial charge is 0.395 e. The monoisotopic (exact) mass is 291 g/mol. The first kappa shape index (κ1) is 17.4. The van der Waals surface area contributed by atoms with Gasteiger partial charge in [0.25, 0.3) is 0 Å². The van der Waals surface area contributed by atoms with Crippen molar-refractivity contribution in [1.82, 2.24) is 5.32 Å². The molecule has 5 heteroatoms. The van der Waals surface area contributed by atoms with E-state index in [1.165, 1.54) is 0 Å². The van der Waals surface area contributed by atoms with E-state index in [9.17, 15) is 10.4 Å². The van der Waals surface area contributed by atoms with Crippen molar-refractivity contribution in [2.75, 3.05) is 38.3 Å². The summed E-state index contributed by atoms with van der Waals surface area (Å²) in [5, 5.41) is 21.8. The van der Waals surface area contributed by atoms with Gasteiger partial charge in [0.05, 0.1) is 24.5 Å². The lowest BCUT2D eigenvalue weighted by Gasteiger charge is -2.29. The number of hydrogen-bond acceptors (Lipinski definition) is 5. The summed E-state index contributed by atoms with van der Waals surface area (Å²) in [6.07, 6.45) is 0. The predicted octanol–water partition coefficient (Wildman–Crippen LogP) is 1.50. The van der Waals surface area contributed by atoms with Crippen molar-refractivity contribution < 1.29 is 9.84 Å². The molecule has 0 unspecified atom stereocenters. The maximum Gasteiger partial charge on any atom is 0.101 e. The summed E-state index contributed by atoms with van der Waals surface area (Å²) in [5.41, 5.74) is 2.59. The van der Waals surface area contributed by atoms with Crippen LogP contribution in [-0.4, -0.2) is 44.6 Å². The second-order valence-electron chi connectivity index (χ2n) is 5.14. The first-order valence-corrected chi connectivity index (χ1v) is 7.24. The number of aliphatic hydroxyl groups is 1. The number of hydrogen-bond donors (Lipinski definition) is 2. The van der Waals surface area contributed by atoms with Crippen LogP contribution in [-0.2, 0) is 11.3 Å². The molecule has 0 spiro atoms. The number of methoxy groups -OCH3 is 1.